The van der Waals surface area contributed by atoms with Gasteiger partial charge in [-0.3, -0.25) is 9.59 Å². The highest BCUT2D eigenvalue weighted by Gasteiger charge is 2.31. The Labute approximate surface area is 224 Å². The van der Waals surface area contributed by atoms with E-state index in [9.17, 15) is 9.59 Å². The molecule has 1 N–H and O–H groups in total. The molecular formula is C25H28BrCl3N2O3. The van der Waals surface area contributed by atoms with Crippen LogP contribution in [0.5, 0.6) is 5.75 Å². The Kier molecular flexibility index (Phi) is 10.4. The number of nitrogens with one attached hydrogen (secondary N) is 1. The summed E-state index contributed by atoms with van der Waals surface area (Å²) in [5.41, 5.74) is 0.699. The van der Waals surface area contributed by atoms with Gasteiger partial charge in [0.05, 0.1) is 5.02 Å². The zero-order valence-electron chi connectivity index (χ0n) is 19.0. The molecular weight excluding hydrogens is 563 g/mol. The predicted octanol–water partition coefficient (Wildman–Crippen LogP) is 7.04. The van der Waals surface area contributed by atoms with E-state index in [1.807, 2.05) is 6.92 Å². The average molecular weight is 591 g/mol. The molecule has 184 valence electrons. The molecule has 0 unspecified atom stereocenters. The first kappa shape index (κ1) is 27.1. The number of ether oxygens (including phenoxy) is 1. The molecule has 9 heteroatoms. The monoisotopic (exact) mass is 588 g/mol. The number of rotatable bonds is 9. The maximum atomic E-state index is 13.4. The van der Waals surface area contributed by atoms with Crippen LogP contribution in [0.1, 0.15) is 51.0 Å². The van der Waals surface area contributed by atoms with Crippen molar-refractivity contribution in [2.45, 2.75) is 64.1 Å². The van der Waals surface area contributed by atoms with E-state index in [2.05, 4.69) is 21.2 Å². The molecule has 1 fully saturated rings. The van der Waals surface area contributed by atoms with Crippen LogP contribution in [0.15, 0.2) is 40.9 Å². The minimum atomic E-state index is -0.662. The summed E-state index contributed by atoms with van der Waals surface area (Å²) >= 11 is 22.0. The maximum Gasteiger partial charge on any atom is 0.261 e. The van der Waals surface area contributed by atoms with E-state index in [4.69, 9.17) is 39.5 Å². The molecule has 0 spiro atoms. The SMILES string of the molecule is CC[C@H](C(=O)NC1CCCCC1)N(Cc1ccc(Cl)cc1Cl)C(=O)COc1ccc(Br)cc1Cl. The fraction of sp³-hybridized carbons (Fsp3) is 0.440. The Morgan fingerprint density at radius 3 is 2.47 bits per heavy atom. The summed E-state index contributed by atoms with van der Waals surface area (Å²) < 4.78 is 6.52. The number of nitrogens with zero attached hydrogens (tertiary/aromatic N) is 1. The molecule has 1 saturated carbocycles. The fourth-order valence-corrected chi connectivity index (χ4v) is 5.31. The Morgan fingerprint density at radius 1 is 1.09 bits per heavy atom. The van der Waals surface area contributed by atoms with Crippen molar-refractivity contribution >= 4 is 62.5 Å². The third kappa shape index (κ3) is 7.51. The van der Waals surface area contributed by atoms with Gasteiger partial charge < -0.3 is 15.0 Å². The van der Waals surface area contributed by atoms with Gasteiger partial charge in [0, 0.05) is 27.1 Å². The summed E-state index contributed by atoms with van der Waals surface area (Å²) in [5.74, 6) is -0.104. The third-order valence-corrected chi connectivity index (χ3v) is 7.31. The zero-order chi connectivity index (χ0) is 24.7. The smallest absolute Gasteiger partial charge is 0.261 e. The standard InChI is InChI=1S/C25H28BrCl3N2O3/c1-2-22(25(33)30-19-6-4-3-5-7-19)31(14-16-8-10-18(27)13-20(16)28)24(32)15-34-23-11-9-17(26)12-21(23)29/h8-13,19,22H,2-7,14-15H2,1H3,(H,30,33)/t22-/m1/s1. The Bertz CT molecular complexity index is 1010. The van der Waals surface area contributed by atoms with Crippen LogP contribution in [0.4, 0.5) is 0 Å². The van der Waals surface area contributed by atoms with Crippen LogP contribution in [0.25, 0.3) is 0 Å². The Hall–Kier alpha value is -1.47. The van der Waals surface area contributed by atoms with Gasteiger partial charge in [0.25, 0.3) is 5.91 Å². The largest absolute Gasteiger partial charge is 0.482 e. The summed E-state index contributed by atoms with van der Waals surface area (Å²) in [5, 5.41) is 4.47. The maximum absolute atomic E-state index is 13.4. The van der Waals surface area contributed by atoms with E-state index in [0.29, 0.717) is 32.8 Å². The molecule has 1 aliphatic carbocycles. The number of benzene rings is 2. The molecule has 0 heterocycles. The summed E-state index contributed by atoms with van der Waals surface area (Å²) in [4.78, 5) is 28.2. The van der Waals surface area contributed by atoms with Crippen molar-refractivity contribution in [2.75, 3.05) is 6.61 Å². The van der Waals surface area contributed by atoms with E-state index in [1.165, 1.54) is 11.3 Å². The molecule has 2 aromatic carbocycles. The minimum absolute atomic E-state index is 0.143. The molecule has 2 amide bonds. The molecule has 0 aromatic heterocycles. The molecule has 2 aromatic rings. The number of carbonyl (C=O) groups excluding carboxylic acids is 2. The van der Waals surface area contributed by atoms with Gasteiger partial charge in [0.1, 0.15) is 11.8 Å². The lowest BCUT2D eigenvalue weighted by Crippen LogP contribution is -2.52. The molecule has 1 aliphatic rings. The highest BCUT2D eigenvalue weighted by molar-refractivity contribution is 9.10. The van der Waals surface area contributed by atoms with Crippen molar-refractivity contribution in [3.05, 3.63) is 61.5 Å². The Morgan fingerprint density at radius 2 is 1.82 bits per heavy atom. The first-order chi connectivity index (χ1) is 16.3. The van der Waals surface area contributed by atoms with Gasteiger partial charge in [-0.05, 0) is 55.2 Å². The van der Waals surface area contributed by atoms with Crippen molar-refractivity contribution in [1.82, 2.24) is 10.2 Å². The molecule has 0 aliphatic heterocycles. The van der Waals surface area contributed by atoms with E-state index < -0.39 is 6.04 Å². The van der Waals surface area contributed by atoms with Gasteiger partial charge in [0.2, 0.25) is 5.91 Å². The lowest BCUT2D eigenvalue weighted by Gasteiger charge is -2.33. The van der Waals surface area contributed by atoms with Gasteiger partial charge in [-0.25, -0.2) is 0 Å². The highest BCUT2D eigenvalue weighted by Crippen LogP contribution is 2.28. The summed E-state index contributed by atoms with van der Waals surface area (Å²) in [6, 6.07) is 9.75. The number of hydrogen-bond donors (Lipinski definition) is 1. The average Bonchev–Trinajstić information content (AvgIpc) is 2.80. The lowest BCUT2D eigenvalue weighted by molar-refractivity contribution is -0.143. The number of amides is 2. The van der Waals surface area contributed by atoms with Crippen molar-refractivity contribution in [1.29, 1.82) is 0 Å². The molecule has 1 atom stereocenters. The van der Waals surface area contributed by atoms with Gasteiger partial charge >= 0.3 is 0 Å². The van der Waals surface area contributed by atoms with Crippen molar-refractivity contribution in [3.8, 4) is 5.75 Å². The first-order valence-corrected chi connectivity index (χ1v) is 13.3. The van der Waals surface area contributed by atoms with Crippen LogP contribution in [0, 0.1) is 0 Å². The van der Waals surface area contributed by atoms with Crippen LogP contribution < -0.4 is 10.1 Å². The first-order valence-electron chi connectivity index (χ1n) is 11.4. The van der Waals surface area contributed by atoms with Crippen molar-refractivity contribution in [2.24, 2.45) is 0 Å². The predicted molar refractivity (Wildman–Crippen MR) is 141 cm³/mol. The van der Waals surface area contributed by atoms with Crippen LogP contribution in [0.2, 0.25) is 15.1 Å². The van der Waals surface area contributed by atoms with Gasteiger partial charge in [-0.2, -0.15) is 0 Å². The zero-order valence-corrected chi connectivity index (χ0v) is 22.8. The summed E-state index contributed by atoms with van der Waals surface area (Å²) in [7, 11) is 0. The lowest BCUT2D eigenvalue weighted by atomic mass is 9.95. The van der Waals surface area contributed by atoms with E-state index in [-0.39, 0.29) is 31.0 Å². The quantitative estimate of drug-likeness (QED) is 0.341. The van der Waals surface area contributed by atoms with E-state index >= 15 is 0 Å². The normalized spacial score (nSPS) is 15.0. The molecule has 0 radical (unpaired) electrons. The topological polar surface area (TPSA) is 58.6 Å². The van der Waals surface area contributed by atoms with Crippen LogP contribution in [-0.4, -0.2) is 35.4 Å². The highest BCUT2D eigenvalue weighted by atomic mass is 79.9. The van der Waals surface area contributed by atoms with Crippen molar-refractivity contribution < 1.29 is 14.3 Å². The number of hydrogen-bond acceptors (Lipinski definition) is 3. The van der Waals surface area contributed by atoms with E-state index in [0.717, 1.165) is 30.2 Å². The van der Waals surface area contributed by atoms with Gasteiger partial charge in [0.15, 0.2) is 6.61 Å². The second-order valence-corrected chi connectivity index (χ2v) is 10.6. The van der Waals surface area contributed by atoms with Crippen LogP contribution in [0.3, 0.4) is 0 Å². The molecule has 3 rings (SSSR count). The third-order valence-electron chi connectivity index (χ3n) is 5.94. The molecule has 34 heavy (non-hydrogen) atoms. The number of halogens is 4. The van der Waals surface area contributed by atoms with Crippen LogP contribution >= 0.6 is 50.7 Å². The van der Waals surface area contributed by atoms with Gasteiger partial charge in [-0.1, -0.05) is 83.0 Å². The van der Waals surface area contributed by atoms with Crippen molar-refractivity contribution in [3.63, 3.8) is 0 Å². The summed E-state index contributed by atoms with van der Waals surface area (Å²) in [6.07, 6.45) is 5.78. The molecule has 0 saturated heterocycles. The fourth-order valence-electron chi connectivity index (χ4n) is 4.11. The minimum Gasteiger partial charge on any atom is -0.482 e. The second kappa shape index (κ2) is 13.0. The number of carbonyl (C=O) groups is 2. The summed E-state index contributed by atoms with van der Waals surface area (Å²) in [6.45, 7) is 1.78. The van der Waals surface area contributed by atoms with Crippen LogP contribution in [-0.2, 0) is 16.1 Å². The van der Waals surface area contributed by atoms with E-state index in [1.54, 1.807) is 36.4 Å². The molecule has 0 bridgehead atoms. The second-order valence-electron chi connectivity index (χ2n) is 8.39. The van der Waals surface area contributed by atoms with Gasteiger partial charge in [-0.15, -0.1) is 0 Å². The molecule has 5 nitrogen and oxygen atoms in total. The Balaban J connectivity index is 1.80.